The van der Waals surface area contributed by atoms with E-state index in [1.165, 1.54) is 15.8 Å². The summed E-state index contributed by atoms with van der Waals surface area (Å²) in [5.74, 6) is -1.24. The van der Waals surface area contributed by atoms with Gasteiger partial charge in [0.15, 0.2) is 0 Å². The molecule has 1 fully saturated rings. The third-order valence-electron chi connectivity index (χ3n) is 3.84. The lowest BCUT2D eigenvalue weighted by Crippen LogP contribution is -2.50. The number of nitrogens with zero attached hydrogens (tertiary/aromatic N) is 3. The van der Waals surface area contributed by atoms with Gasteiger partial charge in [-0.15, -0.1) is 0 Å². The molecule has 132 valence electrons. The van der Waals surface area contributed by atoms with E-state index in [0.717, 1.165) is 31.0 Å². The van der Waals surface area contributed by atoms with E-state index in [0.29, 0.717) is 24.5 Å². The molecule has 2 heterocycles. The van der Waals surface area contributed by atoms with Crippen LogP contribution < -0.4 is 10.7 Å². The molecular formula is C16H17F2N5O2. The van der Waals surface area contributed by atoms with Gasteiger partial charge in [-0.3, -0.25) is 19.8 Å². The molecule has 2 N–H and O–H groups in total. The number of hydrogen-bond acceptors (Lipinski definition) is 3. The highest BCUT2D eigenvalue weighted by Crippen LogP contribution is 2.23. The fraction of sp³-hybridized carbons (Fsp3) is 0.312. The van der Waals surface area contributed by atoms with Crippen molar-refractivity contribution in [2.45, 2.75) is 19.3 Å². The van der Waals surface area contributed by atoms with Gasteiger partial charge in [-0.2, -0.15) is 5.10 Å². The molecule has 0 spiro atoms. The Labute approximate surface area is 142 Å². The summed E-state index contributed by atoms with van der Waals surface area (Å²) in [4.78, 5) is 23.8. The summed E-state index contributed by atoms with van der Waals surface area (Å²) in [6.07, 6.45) is 2.04. The van der Waals surface area contributed by atoms with Crippen LogP contribution in [0.1, 0.15) is 19.3 Å². The van der Waals surface area contributed by atoms with Crippen LogP contribution in [-0.2, 0) is 11.8 Å². The third kappa shape index (κ3) is 3.93. The van der Waals surface area contributed by atoms with E-state index < -0.39 is 17.7 Å². The molecule has 1 aliphatic rings. The Morgan fingerprint density at radius 3 is 2.56 bits per heavy atom. The van der Waals surface area contributed by atoms with Crippen LogP contribution in [0.15, 0.2) is 24.3 Å². The van der Waals surface area contributed by atoms with Crippen molar-refractivity contribution >= 4 is 17.8 Å². The molecule has 0 aliphatic carbocycles. The Bertz CT molecular complexity index is 801. The highest BCUT2D eigenvalue weighted by atomic mass is 19.1. The zero-order chi connectivity index (χ0) is 18.0. The number of halogens is 2. The number of hydrogen-bond donors (Lipinski definition) is 2. The SMILES string of the molecule is Cn1nc(-c2cc(F)cc(F)c2)cc1NC(=O)NN1CCCCC1=O. The normalized spacial score (nSPS) is 14.5. The van der Waals surface area contributed by atoms with Crippen LogP contribution in [0.5, 0.6) is 0 Å². The van der Waals surface area contributed by atoms with Crippen LogP contribution in [0.2, 0.25) is 0 Å². The maximum Gasteiger partial charge on any atom is 0.339 e. The molecule has 0 radical (unpaired) electrons. The number of aromatic nitrogens is 2. The number of benzene rings is 1. The van der Waals surface area contributed by atoms with Gasteiger partial charge in [-0.25, -0.2) is 19.0 Å². The molecule has 1 aromatic carbocycles. The summed E-state index contributed by atoms with van der Waals surface area (Å²) in [7, 11) is 1.58. The fourth-order valence-electron chi connectivity index (χ4n) is 2.62. The van der Waals surface area contributed by atoms with Gasteiger partial charge >= 0.3 is 6.03 Å². The maximum atomic E-state index is 13.3. The van der Waals surface area contributed by atoms with Crippen molar-refractivity contribution in [2.75, 3.05) is 11.9 Å². The number of rotatable bonds is 3. The second kappa shape index (κ2) is 6.88. The zero-order valence-corrected chi connectivity index (χ0v) is 13.6. The first kappa shape index (κ1) is 16.9. The molecule has 25 heavy (non-hydrogen) atoms. The van der Waals surface area contributed by atoms with Crippen LogP contribution in [0.3, 0.4) is 0 Å². The summed E-state index contributed by atoms with van der Waals surface area (Å²) in [6, 6.07) is 3.99. The van der Waals surface area contributed by atoms with E-state index in [-0.39, 0.29) is 11.5 Å². The number of hydrazine groups is 1. The van der Waals surface area contributed by atoms with Crippen molar-refractivity contribution in [1.82, 2.24) is 20.2 Å². The predicted octanol–water partition coefficient (Wildman–Crippen LogP) is 2.41. The predicted molar refractivity (Wildman–Crippen MR) is 86.3 cm³/mol. The number of nitrogens with one attached hydrogen (secondary N) is 2. The van der Waals surface area contributed by atoms with Crippen molar-refractivity contribution in [3.05, 3.63) is 35.9 Å². The fourth-order valence-corrected chi connectivity index (χ4v) is 2.62. The maximum absolute atomic E-state index is 13.3. The van der Waals surface area contributed by atoms with Crippen LogP contribution in [0.4, 0.5) is 19.4 Å². The molecule has 2 aromatic rings. The Morgan fingerprint density at radius 1 is 1.16 bits per heavy atom. The van der Waals surface area contributed by atoms with Crippen LogP contribution in [0, 0.1) is 11.6 Å². The molecular weight excluding hydrogens is 332 g/mol. The van der Waals surface area contributed by atoms with E-state index >= 15 is 0 Å². The van der Waals surface area contributed by atoms with Crippen molar-refractivity contribution in [2.24, 2.45) is 7.05 Å². The highest BCUT2D eigenvalue weighted by molar-refractivity contribution is 5.90. The van der Waals surface area contributed by atoms with Gasteiger partial charge in [0, 0.05) is 37.7 Å². The number of carbonyl (C=O) groups excluding carboxylic acids is 2. The minimum absolute atomic E-state index is 0.137. The molecule has 0 atom stereocenters. The summed E-state index contributed by atoms with van der Waals surface area (Å²) < 4.78 is 28.0. The molecule has 1 saturated heterocycles. The second-order valence-corrected chi connectivity index (χ2v) is 5.76. The van der Waals surface area contributed by atoms with Crippen molar-refractivity contribution in [1.29, 1.82) is 0 Å². The number of anilines is 1. The molecule has 7 nitrogen and oxygen atoms in total. The van der Waals surface area contributed by atoms with Crippen LogP contribution in [0.25, 0.3) is 11.3 Å². The van der Waals surface area contributed by atoms with E-state index in [4.69, 9.17) is 0 Å². The first-order valence-electron chi connectivity index (χ1n) is 7.81. The van der Waals surface area contributed by atoms with E-state index in [1.807, 2.05) is 0 Å². The lowest BCUT2D eigenvalue weighted by atomic mass is 10.1. The van der Waals surface area contributed by atoms with Gasteiger partial charge < -0.3 is 0 Å². The molecule has 9 heteroatoms. The van der Waals surface area contributed by atoms with E-state index in [2.05, 4.69) is 15.8 Å². The van der Waals surface area contributed by atoms with Crippen molar-refractivity contribution < 1.29 is 18.4 Å². The largest absolute Gasteiger partial charge is 0.339 e. The second-order valence-electron chi connectivity index (χ2n) is 5.76. The van der Waals surface area contributed by atoms with Crippen LogP contribution in [-0.4, -0.2) is 33.3 Å². The van der Waals surface area contributed by atoms with E-state index in [1.54, 1.807) is 7.05 Å². The number of piperidine rings is 1. The quantitative estimate of drug-likeness (QED) is 0.893. The topological polar surface area (TPSA) is 79.3 Å². The number of urea groups is 1. The first-order valence-corrected chi connectivity index (χ1v) is 7.81. The van der Waals surface area contributed by atoms with Gasteiger partial charge in [0.25, 0.3) is 0 Å². The zero-order valence-electron chi connectivity index (χ0n) is 13.6. The standard InChI is InChI=1S/C16H17F2N5O2/c1-22-14(19-16(25)21-23-5-3-2-4-15(23)24)9-13(20-22)10-6-11(17)8-12(18)7-10/h6-9H,2-5H2,1H3,(H2,19,21,25). The molecule has 3 rings (SSSR count). The third-order valence-corrected chi connectivity index (χ3v) is 3.84. The molecule has 1 aliphatic heterocycles. The van der Waals surface area contributed by atoms with Gasteiger partial charge in [0.2, 0.25) is 5.91 Å². The molecule has 0 unspecified atom stereocenters. The highest BCUT2D eigenvalue weighted by Gasteiger charge is 2.20. The van der Waals surface area contributed by atoms with E-state index in [9.17, 15) is 18.4 Å². The minimum atomic E-state index is -0.712. The Hall–Kier alpha value is -2.97. The van der Waals surface area contributed by atoms with Crippen molar-refractivity contribution in [3.63, 3.8) is 0 Å². The average Bonchev–Trinajstić information content (AvgIpc) is 2.90. The number of aryl methyl sites for hydroxylation is 1. The summed E-state index contributed by atoms with van der Waals surface area (Å²) >= 11 is 0. The smallest absolute Gasteiger partial charge is 0.291 e. The minimum Gasteiger partial charge on any atom is -0.291 e. The van der Waals surface area contributed by atoms with Gasteiger partial charge in [-0.1, -0.05) is 0 Å². The van der Waals surface area contributed by atoms with Gasteiger partial charge in [0.05, 0.1) is 5.69 Å². The number of carbonyl (C=O) groups is 2. The Balaban J connectivity index is 1.72. The summed E-state index contributed by atoms with van der Waals surface area (Å²) in [5.41, 5.74) is 3.05. The summed E-state index contributed by atoms with van der Waals surface area (Å²) in [6.45, 7) is 0.464. The molecule has 0 bridgehead atoms. The average molecular weight is 349 g/mol. The van der Waals surface area contributed by atoms with Crippen LogP contribution >= 0.6 is 0 Å². The Kier molecular flexibility index (Phi) is 4.64. The first-order chi connectivity index (χ1) is 11.9. The Morgan fingerprint density at radius 2 is 1.88 bits per heavy atom. The molecule has 0 saturated carbocycles. The summed E-state index contributed by atoms with van der Waals surface area (Å²) in [5, 5.41) is 7.98. The molecule has 1 aromatic heterocycles. The number of amides is 3. The monoisotopic (exact) mass is 349 g/mol. The lowest BCUT2D eigenvalue weighted by Gasteiger charge is -2.26. The van der Waals surface area contributed by atoms with Gasteiger partial charge in [0.1, 0.15) is 17.5 Å². The van der Waals surface area contributed by atoms with Crippen molar-refractivity contribution in [3.8, 4) is 11.3 Å². The molecule has 3 amide bonds. The lowest BCUT2D eigenvalue weighted by molar-refractivity contribution is -0.135. The van der Waals surface area contributed by atoms with Gasteiger partial charge in [-0.05, 0) is 25.0 Å².